The Hall–Kier alpha value is -1.90. The number of halogens is 5. The maximum Gasteiger partial charge on any atom is 0.435 e. The van der Waals surface area contributed by atoms with Crippen LogP contribution in [-0.2, 0) is 10.4 Å². The molecule has 4 nitrogen and oxygen atoms in total. The second kappa shape index (κ2) is 6.32. The summed E-state index contributed by atoms with van der Waals surface area (Å²) in [4.78, 5) is 5.02. The molecule has 1 aliphatic rings. The molecule has 1 aliphatic heterocycles. The predicted octanol–water partition coefficient (Wildman–Crippen LogP) is 5.89. The minimum absolute atomic E-state index is 0.0830. The van der Waals surface area contributed by atoms with Crippen molar-refractivity contribution in [1.29, 1.82) is 0 Å². The average Bonchev–Trinajstić information content (AvgIpc) is 3.22. The number of oxime groups is 1. The summed E-state index contributed by atoms with van der Waals surface area (Å²) >= 11 is 12.8. The molecule has 0 bridgehead atoms. The van der Waals surface area contributed by atoms with Gasteiger partial charge in [-0.3, -0.25) is 0 Å². The van der Waals surface area contributed by atoms with Crippen LogP contribution in [0.3, 0.4) is 0 Å². The lowest BCUT2D eigenvalue weighted by Crippen LogP contribution is -2.42. The molecule has 0 amide bonds. The van der Waals surface area contributed by atoms with E-state index in [0.29, 0.717) is 16.6 Å². The fourth-order valence-corrected chi connectivity index (χ4v) is 4.20. The maximum atomic E-state index is 14.1. The van der Waals surface area contributed by atoms with E-state index in [2.05, 4.69) is 13.9 Å². The fourth-order valence-electron chi connectivity index (χ4n) is 3.06. The second-order valence-electron chi connectivity index (χ2n) is 6.18. The summed E-state index contributed by atoms with van der Waals surface area (Å²) in [7, 11) is 0. The Kier molecular flexibility index (Phi) is 4.32. The molecule has 2 aromatic carbocycles. The van der Waals surface area contributed by atoms with E-state index in [4.69, 9.17) is 28.0 Å². The lowest BCUT2D eigenvalue weighted by Gasteiger charge is -2.29. The molecule has 0 radical (unpaired) electrons. The number of fused-ring (bicyclic) bond motifs is 1. The summed E-state index contributed by atoms with van der Waals surface area (Å²) in [6, 6.07) is 7.19. The Labute approximate surface area is 165 Å². The van der Waals surface area contributed by atoms with Gasteiger partial charge in [0, 0.05) is 21.2 Å². The lowest BCUT2D eigenvalue weighted by atomic mass is 9.86. The van der Waals surface area contributed by atoms with E-state index in [0.717, 1.165) is 17.3 Å². The van der Waals surface area contributed by atoms with Gasteiger partial charge < -0.3 is 4.84 Å². The number of hydrogen-bond acceptors (Lipinski definition) is 5. The number of hydrogen-bond donors (Lipinski definition) is 0. The van der Waals surface area contributed by atoms with E-state index in [9.17, 15) is 13.2 Å². The van der Waals surface area contributed by atoms with Crippen molar-refractivity contribution in [3.05, 3.63) is 57.1 Å². The van der Waals surface area contributed by atoms with Crippen molar-refractivity contribution in [2.45, 2.75) is 25.1 Å². The molecule has 27 heavy (non-hydrogen) atoms. The molecule has 140 valence electrons. The number of aromatic nitrogens is 2. The summed E-state index contributed by atoms with van der Waals surface area (Å²) in [6.07, 6.45) is -5.26. The third-order valence-electron chi connectivity index (χ3n) is 4.44. The van der Waals surface area contributed by atoms with Crippen LogP contribution < -0.4 is 0 Å². The highest BCUT2D eigenvalue weighted by Crippen LogP contribution is 2.50. The molecular weight excluding hydrogens is 422 g/mol. The molecular formula is C17H10Cl2F3N3OS. The van der Waals surface area contributed by atoms with Gasteiger partial charge in [0.1, 0.15) is 11.0 Å². The fraction of sp³-hybridized carbons (Fsp3) is 0.235. The predicted molar refractivity (Wildman–Crippen MR) is 98.6 cm³/mol. The summed E-state index contributed by atoms with van der Waals surface area (Å²) in [6.45, 7) is 1.86. The normalized spacial score (nSPS) is 20.0. The molecule has 0 aliphatic carbocycles. The second-order valence-corrected chi connectivity index (χ2v) is 7.58. The zero-order chi connectivity index (χ0) is 19.4. The minimum Gasteiger partial charge on any atom is -0.374 e. The quantitative estimate of drug-likeness (QED) is 0.508. The molecule has 0 saturated heterocycles. The number of nitrogens with zero attached hydrogens (tertiary/aromatic N) is 3. The molecule has 1 atom stereocenters. The standard InChI is InChI=1S/C17H10Cl2F3N3OS/c1-8-2-3-12(15-14(8)24-27-25-15)13-7-16(26-23-13,17(20,21)22)9-4-10(18)6-11(19)5-9/h2-6H,7H2,1H3. The lowest BCUT2D eigenvalue weighted by molar-refractivity contribution is -0.275. The first-order valence-corrected chi connectivity index (χ1v) is 9.20. The number of benzene rings is 2. The Morgan fingerprint density at radius 3 is 2.41 bits per heavy atom. The largest absolute Gasteiger partial charge is 0.435 e. The topological polar surface area (TPSA) is 47.4 Å². The summed E-state index contributed by atoms with van der Waals surface area (Å²) in [5.41, 5.74) is -0.251. The maximum absolute atomic E-state index is 14.1. The van der Waals surface area contributed by atoms with Crippen molar-refractivity contribution in [3.8, 4) is 0 Å². The first kappa shape index (κ1) is 18.5. The van der Waals surface area contributed by atoms with Crippen LogP contribution in [0.15, 0.2) is 35.5 Å². The van der Waals surface area contributed by atoms with E-state index in [1.54, 1.807) is 12.1 Å². The highest BCUT2D eigenvalue weighted by Gasteiger charge is 2.62. The first-order chi connectivity index (χ1) is 12.7. The van der Waals surface area contributed by atoms with Gasteiger partial charge in [0.05, 0.1) is 23.9 Å². The van der Waals surface area contributed by atoms with Crippen molar-refractivity contribution in [1.82, 2.24) is 8.75 Å². The van der Waals surface area contributed by atoms with E-state index in [1.165, 1.54) is 18.2 Å². The van der Waals surface area contributed by atoms with Gasteiger partial charge in [-0.1, -0.05) is 40.5 Å². The van der Waals surface area contributed by atoms with Gasteiger partial charge in [-0.2, -0.15) is 21.9 Å². The Morgan fingerprint density at radius 2 is 1.74 bits per heavy atom. The van der Waals surface area contributed by atoms with Crippen LogP contribution in [0.4, 0.5) is 13.2 Å². The van der Waals surface area contributed by atoms with Gasteiger partial charge in [-0.25, -0.2) is 0 Å². The average molecular weight is 432 g/mol. The third kappa shape index (κ3) is 2.96. The molecule has 0 spiro atoms. The van der Waals surface area contributed by atoms with Gasteiger partial charge in [0.15, 0.2) is 0 Å². The molecule has 10 heteroatoms. The number of aryl methyl sites for hydroxylation is 1. The minimum atomic E-state index is -4.74. The van der Waals surface area contributed by atoms with Crippen LogP contribution in [0.25, 0.3) is 11.0 Å². The highest BCUT2D eigenvalue weighted by atomic mass is 35.5. The van der Waals surface area contributed by atoms with Crippen LogP contribution >= 0.6 is 34.9 Å². The summed E-state index contributed by atoms with van der Waals surface area (Å²) in [5, 5.41) is 3.93. The molecule has 2 heterocycles. The van der Waals surface area contributed by atoms with E-state index in [1.807, 2.05) is 6.92 Å². The van der Waals surface area contributed by atoms with E-state index in [-0.39, 0.29) is 21.3 Å². The molecule has 3 aromatic rings. The molecule has 1 aromatic heterocycles. The van der Waals surface area contributed by atoms with Crippen molar-refractivity contribution in [2.75, 3.05) is 0 Å². The zero-order valence-corrected chi connectivity index (χ0v) is 16.0. The van der Waals surface area contributed by atoms with Crippen LogP contribution in [-0.4, -0.2) is 20.6 Å². The monoisotopic (exact) mass is 431 g/mol. The SMILES string of the molecule is Cc1ccc(C2=NOC(c3cc(Cl)cc(Cl)c3)(C(F)(F)F)C2)c2nsnc12. The van der Waals surface area contributed by atoms with E-state index >= 15 is 0 Å². The Bertz CT molecular complexity index is 1060. The molecule has 0 N–H and O–H groups in total. The van der Waals surface area contributed by atoms with E-state index < -0.39 is 18.2 Å². The smallest absolute Gasteiger partial charge is 0.374 e. The van der Waals surface area contributed by atoms with Crippen molar-refractivity contribution in [3.63, 3.8) is 0 Å². The Balaban J connectivity index is 1.82. The van der Waals surface area contributed by atoms with Gasteiger partial charge in [0.2, 0.25) is 0 Å². The number of alkyl halides is 3. The van der Waals surface area contributed by atoms with Crippen LogP contribution in [0, 0.1) is 6.92 Å². The molecule has 4 rings (SSSR count). The van der Waals surface area contributed by atoms with Gasteiger partial charge in [0.25, 0.3) is 5.60 Å². The first-order valence-electron chi connectivity index (χ1n) is 7.72. The van der Waals surface area contributed by atoms with Gasteiger partial charge in [-0.05, 0) is 30.7 Å². The molecule has 1 unspecified atom stereocenters. The van der Waals surface area contributed by atoms with Crippen molar-refractivity contribution < 1.29 is 18.0 Å². The third-order valence-corrected chi connectivity index (χ3v) is 5.41. The van der Waals surface area contributed by atoms with Gasteiger partial charge >= 0.3 is 6.18 Å². The van der Waals surface area contributed by atoms with Crippen LogP contribution in [0.5, 0.6) is 0 Å². The Morgan fingerprint density at radius 1 is 1.07 bits per heavy atom. The van der Waals surface area contributed by atoms with Crippen molar-refractivity contribution >= 4 is 51.7 Å². The highest BCUT2D eigenvalue weighted by molar-refractivity contribution is 7.00. The van der Waals surface area contributed by atoms with Gasteiger partial charge in [-0.15, -0.1) is 0 Å². The van der Waals surface area contributed by atoms with Crippen LogP contribution in [0.2, 0.25) is 10.0 Å². The molecule has 0 fully saturated rings. The van der Waals surface area contributed by atoms with Crippen molar-refractivity contribution in [2.24, 2.45) is 5.16 Å². The number of rotatable bonds is 2. The summed E-state index contributed by atoms with van der Waals surface area (Å²) in [5.74, 6) is 0. The van der Waals surface area contributed by atoms with Crippen LogP contribution in [0.1, 0.15) is 23.1 Å². The molecule has 0 saturated carbocycles. The zero-order valence-electron chi connectivity index (χ0n) is 13.6. The summed E-state index contributed by atoms with van der Waals surface area (Å²) < 4.78 is 50.6.